The third kappa shape index (κ3) is 6.13. The highest BCUT2D eigenvalue weighted by atomic mass is 16.5. The van der Waals surface area contributed by atoms with Gasteiger partial charge < -0.3 is 30.3 Å². The topological polar surface area (TPSA) is 126 Å². The standard InChI is InChI=1S/C26H33N3O5/c1-3-9-29(10-4-2)21-8-7-18-11-17(5-6-19(18)13-21)12-20(14-27)26(33)28-15-23-25(32)24(31)22(30)16-34-23/h5-8,11-13,22-25,30-32H,3-4,9-10,15-16H2,1-2H3,(H,28,33). The molecule has 3 rings (SSSR count). The van der Waals surface area contributed by atoms with E-state index in [1.807, 2.05) is 30.3 Å². The first-order valence-corrected chi connectivity index (χ1v) is 11.7. The molecule has 1 fully saturated rings. The molecule has 4 atom stereocenters. The maximum absolute atomic E-state index is 12.5. The second kappa shape index (κ2) is 12.0. The Morgan fingerprint density at radius 2 is 1.79 bits per heavy atom. The Balaban J connectivity index is 1.71. The Morgan fingerprint density at radius 3 is 2.47 bits per heavy atom. The number of hydrogen-bond acceptors (Lipinski definition) is 7. The third-order valence-corrected chi connectivity index (χ3v) is 5.95. The largest absolute Gasteiger partial charge is 0.388 e. The van der Waals surface area contributed by atoms with Crippen LogP contribution in [0.25, 0.3) is 16.8 Å². The average Bonchev–Trinajstić information content (AvgIpc) is 2.84. The summed E-state index contributed by atoms with van der Waals surface area (Å²) in [6, 6.07) is 14.0. The number of rotatable bonds is 9. The summed E-state index contributed by atoms with van der Waals surface area (Å²) in [6.45, 7) is 6.10. The number of aliphatic hydroxyl groups excluding tert-OH is 3. The van der Waals surface area contributed by atoms with Gasteiger partial charge in [0.05, 0.1) is 6.61 Å². The minimum atomic E-state index is -1.35. The number of carbonyl (C=O) groups is 1. The second-order valence-corrected chi connectivity index (χ2v) is 8.58. The van der Waals surface area contributed by atoms with Crippen LogP contribution in [0.3, 0.4) is 0 Å². The fourth-order valence-corrected chi connectivity index (χ4v) is 4.10. The van der Waals surface area contributed by atoms with Gasteiger partial charge in [-0.05, 0) is 53.5 Å². The molecule has 8 nitrogen and oxygen atoms in total. The number of amides is 1. The van der Waals surface area contributed by atoms with E-state index in [0.29, 0.717) is 0 Å². The molecule has 4 N–H and O–H groups in total. The van der Waals surface area contributed by atoms with Gasteiger partial charge in [0.2, 0.25) is 0 Å². The van der Waals surface area contributed by atoms with Crippen molar-refractivity contribution in [3.8, 4) is 6.07 Å². The van der Waals surface area contributed by atoms with Crippen LogP contribution in [-0.2, 0) is 9.53 Å². The molecule has 0 radical (unpaired) electrons. The van der Waals surface area contributed by atoms with E-state index in [1.165, 1.54) is 11.8 Å². The summed E-state index contributed by atoms with van der Waals surface area (Å²) in [4.78, 5) is 14.9. The zero-order valence-corrected chi connectivity index (χ0v) is 19.6. The summed E-state index contributed by atoms with van der Waals surface area (Å²) in [5, 5.41) is 43.4. The van der Waals surface area contributed by atoms with E-state index in [9.17, 15) is 25.4 Å². The molecule has 34 heavy (non-hydrogen) atoms. The summed E-state index contributed by atoms with van der Waals surface area (Å²) >= 11 is 0. The van der Waals surface area contributed by atoms with Crippen molar-refractivity contribution >= 4 is 28.4 Å². The van der Waals surface area contributed by atoms with Crippen LogP contribution < -0.4 is 10.2 Å². The lowest BCUT2D eigenvalue weighted by Crippen LogP contribution is -2.56. The van der Waals surface area contributed by atoms with E-state index in [1.54, 1.807) is 0 Å². The Bertz CT molecular complexity index is 1060. The van der Waals surface area contributed by atoms with Crippen LogP contribution in [0.5, 0.6) is 0 Å². The number of aliphatic hydroxyl groups is 3. The molecular formula is C26H33N3O5. The highest BCUT2D eigenvalue weighted by molar-refractivity contribution is 6.02. The van der Waals surface area contributed by atoms with E-state index >= 15 is 0 Å². The number of carbonyl (C=O) groups excluding carboxylic acids is 1. The summed E-state index contributed by atoms with van der Waals surface area (Å²) in [6.07, 6.45) is -1.08. The molecule has 1 heterocycles. The van der Waals surface area contributed by atoms with Gasteiger partial charge in [0.1, 0.15) is 36.1 Å². The van der Waals surface area contributed by atoms with Crippen molar-refractivity contribution in [1.82, 2.24) is 5.32 Å². The zero-order valence-electron chi connectivity index (χ0n) is 19.6. The minimum absolute atomic E-state index is 0.0843. The molecule has 2 aromatic rings. The van der Waals surface area contributed by atoms with Crippen LogP contribution in [0.1, 0.15) is 32.3 Å². The first kappa shape index (κ1) is 25.7. The maximum atomic E-state index is 12.5. The molecule has 1 aliphatic rings. The lowest BCUT2D eigenvalue weighted by molar-refractivity contribution is -0.185. The summed E-state index contributed by atoms with van der Waals surface area (Å²) in [5.74, 6) is -0.607. The monoisotopic (exact) mass is 467 g/mol. The third-order valence-electron chi connectivity index (χ3n) is 5.95. The first-order valence-electron chi connectivity index (χ1n) is 11.7. The quantitative estimate of drug-likeness (QED) is 0.328. The van der Waals surface area contributed by atoms with E-state index < -0.39 is 30.3 Å². The molecule has 0 aliphatic carbocycles. The van der Waals surface area contributed by atoms with Gasteiger partial charge in [-0.1, -0.05) is 32.0 Å². The van der Waals surface area contributed by atoms with Gasteiger partial charge in [0, 0.05) is 25.3 Å². The van der Waals surface area contributed by atoms with Crippen molar-refractivity contribution in [3.05, 3.63) is 47.5 Å². The number of nitriles is 1. The Morgan fingerprint density at radius 1 is 1.12 bits per heavy atom. The number of ether oxygens (including phenoxy) is 1. The highest BCUT2D eigenvalue weighted by Crippen LogP contribution is 2.25. The molecule has 0 saturated carbocycles. The lowest BCUT2D eigenvalue weighted by Gasteiger charge is -2.35. The smallest absolute Gasteiger partial charge is 0.262 e. The molecule has 4 unspecified atom stereocenters. The van der Waals surface area contributed by atoms with Crippen molar-refractivity contribution in [2.45, 2.75) is 51.1 Å². The van der Waals surface area contributed by atoms with Crippen molar-refractivity contribution in [3.63, 3.8) is 0 Å². The van der Waals surface area contributed by atoms with Crippen LogP contribution in [0.15, 0.2) is 42.0 Å². The van der Waals surface area contributed by atoms with Crippen LogP contribution in [0, 0.1) is 11.3 Å². The zero-order chi connectivity index (χ0) is 24.7. The predicted molar refractivity (Wildman–Crippen MR) is 131 cm³/mol. The lowest BCUT2D eigenvalue weighted by atomic mass is 10.00. The molecule has 2 aromatic carbocycles. The van der Waals surface area contributed by atoms with Crippen molar-refractivity contribution in [2.75, 3.05) is 31.1 Å². The number of anilines is 1. The van der Waals surface area contributed by atoms with Crippen LogP contribution in [0.4, 0.5) is 5.69 Å². The fraction of sp³-hybridized carbons (Fsp3) is 0.462. The van der Waals surface area contributed by atoms with Gasteiger partial charge in [-0.2, -0.15) is 5.26 Å². The van der Waals surface area contributed by atoms with Gasteiger partial charge >= 0.3 is 0 Å². The first-order chi connectivity index (χ1) is 16.4. The van der Waals surface area contributed by atoms with E-state index in [4.69, 9.17) is 4.74 Å². The van der Waals surface area contributed by atoms with Crippen molar-refractivity contribution in [1.29, 1.82) is 5.26 Å². The van der Waals surface area contributed by atoms with Crippen LogP contribution >= 0.6 is 0 Å². The van der Waals surface area contributed by atoms with Crippen molar-refractivity contribution in [2.24, 2.45) is 0 Å². The number of hydrogen-bond donors (Lipinski definition) is 4. The summed E-state index contributed by atoms with van der Waals surface area (Å²) < 4.78 is 5.28. The highest BCUT2D eigenvalue weighted by Gasteiger charge is 2.37. The number of fused-ring (bicyclic) bond motifs is 1. The summed E-state index contributed by atoms with van der Waals surface area (Å²) in [7, 11) is 0. The molecule has 0 aromatic heterocycles. The van der Waals surface area contributed by atoms with Crippen LogP contribution in [-0.4, -0.2) is 71.9 Å². The van der Waals surface area contributed by atoms with Crippen LogP contribution in [0.2, 0.25) is 0 Å². The normalized spacial score (nSPS) is 22.9. The molecule has 0 spiro atoms. The Hall–Kier alpha value is -2.96. The number of nitrogens with one attached hydrogen (secondary N) is 1. The van der Waals surface area contributed by atoms with Gasteiger partial charge in [-0.15, -0.1) is 0 Å². The molecule has 0 bridgehead atoms. The fourth-order valence-electron chi connectivity index (χ4n) is 4.10. The maximum Gasteiger partial charge on any atom is 0.262 e. The molecule has 8 heteroatoms. The van der Waals surface area contributed by atoms with E-state index in [-0.39, 0.29) is 18.7 Å². The summed E-state index contributed by atoms with van der Waals surface area (Å²) in [5.41, 5.74) is 1.82. The van der Waals surface area contributed by atoms with E-state index in [2.05, 4.69) is 36.2 Å². The molecular weight excluding hydrogens is 434 g/mol. The van der Waals surface area contributed by atoms with E-state index in [0.717, 1.165) is 42.3 Å². The van der Waals surface area contributed by atoms with Gasteiger partial charge in [-0.25, -0.2) is 0 Å². The Kier molecular flexibility index (Phi) is 9.02. The molecule has 1 aliphatic heterocycles. The molecule has 182 valence electrons. The Labute approximate surface area is 200 Å². The van der Waals surface area contributed by atoms with Crippen molar-refractivity contribution < 1.29 is 24.9 Å². The van der Waals surface area contributed by atoms with Gasteiger partial charge in [0.15, 0.2) is 0 Å². The average molecular weight is 468 g/mol. The number of benzene rings is 2. The molecule has 1 saturated heterocycles. The predicted octanol–water partition coefficient (Wildman–Crippen LogP) is 1.97. The number of nitrogens with zero attached hydrogens (tertiary/aromatic N) is 2. The van der Waals surface area contributed by atoms with Gasteiger partial charge in [0.25, 0.3) is 5.91 Å². The second-order valence-electron chi connectivity index (χ2n) is 8.58. The SMILES string of the molecule is CCCN(CCC)c1ccc2cc(C=C(C#N)C(=O)NCC3OCC(O)C(O)C3O)ccc2c1. The molecule has 1 amide bonds. The van der Waals surface area contributed by atoms with Gasteiger partial charge in [-0.3, -0.25) is 4.79 Å². The minimum Gasteiger partial charge on any atom is -0.388 e.